The molecule has 10 heteroatoms. The van der Waals surface area contributed by atoms with Gasteiger partial charge >= 0.3 is 12.1 Å². The van der Waals surface area contributed by atoms with Crippen molar-refractivity contribution in [1.29, 1.82) is 0 Å². The lowest BCUT2D eigenvalue weighted by Gasteiger charge is -2.21. The third-order valence-corrected chi connectivity index (χ3v) is 4.52. The number of aryl methyl sites for hydroxylation is 1. The maximum absolute atomic E-state index is 10.6. The van der Waals surface area contributed by atoms with Crippen molar-refractivity contribution < 1.29 is 27.5 Å². The molecule has 7 nitrogen and oxygen atoms in total. The summed E-state index contributed by atoms with van der Waals surface area (Å²) in [5, 5.41) is 7.12. The summed E-state index contributed by atoms with van der Waals surface area (Å²) in [5.41, 5.74) is 5.41. The molecule has 1 aliphatic heterocycles. The van der Waals surface area contributed by atoms with Gasteiger partial charge in [-0.1, -0.05) is 6.07 Å². The summed E-state index contributed by atoms with van der Waals surface area (Å²) in [4.78, 5) is 24.9. The van der Waals surface area contributed by atoms with Crippen molar-refractivity contribution in [3.05, 3.63) is 60.1 Å². The van der Waals surface area contributed by atoms with Gasteiger partial charge in [-0.05, 0) is 31.5 Å². The molecule has 3 aromatic heterocycles. The number of aromatic nitrogens is 3. The van der Waals surface area contributed by atoms with E-state index in [0.717, 1.165) is 54.4 Å². The molecule has 0 saturated carbocycles. The molecular weight excluding hydrogens is 401 g/mol. The number of halogens is 3. The lowest BCUT2D eigenvalue weighted by atomic mass is 10.0. The Morgan fingerprint density at radius 2 is 1.90 bits per heavy atom. The highest BCUT2D eigenvalue weighted by Crippen LogP contribution is 2.27. The Morgan fingerprint density at radius 3 is 2.53 bits per heavy atom. The monoisotopic (exact) mass is 420 g/mol. The van der Waals surface area contributed by atoms with Crippen LogP contribution in [0.2, 0.25) is 0 Å². The first-order valence-corrected chi connectivity index (χ1v) is 9.09. The van der Waals surface area contributed by atoms with Crippen molar-refractivity contribution in [2.24, 2.45) is 0 Å². The third kappa shape index (κ3) is 5.13. The van der Waals surface area contributed by atoms with Crippen molar-refractivity contribution >= 4 is 11.8 Å². The molecule has 0 unspecified atom stereocenters. The Balaban J connectivity index is 0.000000318. The molecule has 0 radical (unpaired) electrons. The molecule has 30 heavy (non-hydrogen) atoms. The number of carboxylic acids is 1. The molecule has 0 fully saturated rings. The summed E-state index contributed by atoms with van der Waals surface area (Å²) in [7, 11) is 0. The second-order valence-corrected chi connectivity index (χ2v) is 6.59. The first-order valence-electron chi connectivity index (χ1n) is 9.09. The van der Waals surface area contributed by atoms with Crippen molar-refractivity contribution in [3.8, 4) is 11.3 Å². The average molecular weight is 420 g/mol. The number of aliphatic carboxylic acids is 1. The lowest BCUT2D eigenvalue weighted by molar-refractivity contribution is -0.192. The van der Waals surface area contributed by atoms with Gasteiger partial charge < -0.3 is 14.4 Å². The van der Waals surface area contributed by atoms with Gasteiger partial charge in [0.1, 0.15) is 12.1 Å². The molecule has 1 N–H and O–H groups in total. The normalized spacial score (nSPS) is 13.7. The lowest BCUT2D eigenvalue weighted by Crippen LogP contribution is -2.27. The second-order valence-electron chi connectivity index (χ2n) is 6.59. The number of anilines is 1. The highest BCUT2D eigenvalue weighted by molar-refractivity contribution is 5.73. The largest absolute Gasteiger partial charge is 0.490 e. The zero-order valence-corrected chi connectivity index (χ0v) is 16.1. The van der Waals surface area contributed by atoms with Gasteiger partial charge in [-0.3, -0.25) is 0 Å². The van der Waals surface area contributed by atoms with Crippen LogP contribution in [0.5, 0.6) is 0 Å². The predicted molar refractivity (Wildman–Crippen MR) is 102 cm³/mol. The first-order chi connectivity index (χ1) is 14.3. The van der Waals surface area contributed by atoms with Crippen LogP contribution in [-0.4, -0.2) is 45.3 Å². The van der Waals surface area contributed by atoms with E-state index < -0.39 is 12.1 Å². The summed E-state index contributed by atoms with van der Waals surface area (Å²) >= 11 is 0. The van der Waals surface area contributed by atoms with Gasteiger partial charge in [0.15, 0.2) is 0 Å². The number of fused-ring (bicyclic) bond motifs is 1. The number of hydrogen-bond donors (Lipinski definition) is 1. The van der Waals surface area contributed by atoms with E-state index in [1.807, 2.05) is 19.1 Å². The molecule has 1 aliphatic rings. The van der Waals surface area contributed by atoms with E-state index in [4.69, 9.17) is 14.3 Å². The van der Waals surface area contributed by atoms with Crippen molar-refractivity contribution in [1.82, 2.24) is 15.0 Å². The molecule has 0 bridgehead atoms. The highest BCUT2D eigenvalue weighted by atomic mass is 19.4. The van der Waals surface area contributed by atoms with E-state index in [1.165, 1.54) is 5.56 Å². The van der Waals surface area contributed by atoms with Gasteiger partial charge in [0.2, 0.25) is 0 Å². The van der Waals surface area contributed by atoms with Crippen molar-refractivity contribution in [2.45, 2.75) is 25.9 Å². The van der Waals surface area contributed by atoms with E-state index in [0.29, 0.717) is 0 Å². The standard InChI is InChI=1S/C18H18N4O.C2HF3O2/c1-13-3-2-4-17(21-13)22-8-5-15-16(6-9-22)19-12-20-18(15)14-7-10-23-11-14;3-2(4,5)1(6)7/h2-4,7,10-12H,5-6,8-9H2,1H3;(H,6,7). The number of nitrogens with zero attached hydrogens (tertiary/aromatic N) is 4. The van der Waals surface area contributed by atoms with Gasteiger partial charge in [-0.15, -0.1) is 0 Å². The fraction of sp³-hybridized carbons (Fsp3) is 0.300. The van der Waals surface area contributed by atoms with Crippen LogP contribution >= 0.6 is 0 Å². The molecule has 0 amide bonds. The minimum Gasteiger partial charge on any atom is -0.475 e. The quantitative estimate of drug-likeness (QED) is 0.676. The maximum Gasteiger partial charge on any atom is 0.490 e. The minimum absolute atomic E-state index is 0.901. The third-order valence-electron chi connectivity index (χ3n) is 4.52. The molecule has 4 heterocycles. The van der Waals surface area contributed by atoms with Gasteiger partial charge in [-0.2, -0.15) is 13.2 Å². The van der Waals surface area contributed by atoms with Crippen LogP contribution < -0.4 is 4.90 Å². The van der Waals surface area contributed by atoms with E-state index in [1.54, 1.807) is 18.9 Å². The SMILES string of the molecule is Cc1cccc(N2CCc3ncnc(-c4ccoc4)c3CC2)n1.O=C(O)C(F)(F)F. The molecule has 0 atom stereocenters. The van der Waals surface area contributed by atoms with Crippen molar-refractivity contribution in [2.75, 3.05) is 18.0 Å². The van der Waals surface area contributed by atoms with Crippen LogP contribution in [0.25, 0.3) is 11.3 Å². The predicted octanol–water partition coefficient (Wildman–Crippen LogP) is 3.68. The summed E-state index contributed by atoms with van der Waals surface area (Å²) in [5.74, 6) is -1.72. The fourth-order valence-electron chi connectivity index (χ4n) is 3.11. The number of hydrogen-bond acceptors (Lipinski definition) is 6. The summed E-state index contributed by atoms with van der Waals surface area (Å²) in [6, 6.07) is 8.12. The van der Waals surface area contributed by atoms with Gasteiger partial charge in [0.05, 0.1) is 18.2 Å². The minimum atomic E-state index is -5.08. The highest BCUT2D eigenvalue weighted by Gasteiger charge is 2.38. The van der Waals surface area contributed by atoms with E-state index in [9.17, 15) is 13.2 Å². The number of carbonyl (C=O) groups is 1. The Morgan fingerprint density at radius 1 is 1.17 bits per heavy atom. The summed E-state index contributed by atoms with van der Waals surface area (Å²) in [6.45, 7) is 3.87. The van der Waals surface area contributed by atoms with Gasteiger partial charge in [-0.25, -0.2) is 19.7 Å². The Hall–Kier alpha value is -3.43. The van der Waals surface area contributed by atoms with Crippen LogP contribution in [0, 0.1) is 6.92 Å². The fourth-order valence-corrected chi connectivity index (χ4v) is 3.11. The zero-order chi connectivity index (χ0) is 21.7. The van der Waals surface area contributed by atoms with Crippen LogP contribution in [0.4, 0.5) is 19.0 Å². The summed E-state index contributed by atoms with van der Waals surface area (Å²) in [6.07, 6.45) is 1.81. The number of furan rings is 1. The zero-order valence-electron chi connectivity index (χ0n) is 16.1. The molecule has 158 valence electrons. The molecule has 0 aliphatic carbocycles. The second kappa shape index (κ2) is 8.93. The molecule has 4 rings (SSSR count). The number of rotatable bonds is 2. The molecule has 0 spiro atoms. The smallest absolute Gasteiger partial charge is 0.475 e. The molecule has 0 aromatic carbocycles. The maximum atomic E-state index is 10.6. The van der Waals surface area contributed by atoms with Gasteiger partial charge in [0.25, 0.3) is 0 Å². The van der Waals surface area contributed by atoms with Crippen molar-refractivity contribution in [3.63, 3.8) is 0 Å². The van der Waals surface area contributed by atoms with Crippen LogP contribution in [-0.2, 0) is 17.6 Å². The van der Waals surface area contributed by atoms with Gasteiger partial charge in [0, 0.05) is 42.0 Å². The number of pyridine rings is 1. The van der Waals surface area contributed by atoms with E-state index in [-0.39, 0.29) is 0 Å². The van der Waals surface area contributed by atoms with Crippen LogP contribution in [0.15, 0.2) is 47.5 Å². The molecular formula is C20H19F3N4O3. The first kappa shape index (κ1) is 21.3. The Labute approximate surface area is 170 Å². The number of alkyl halides is 3. The van der Waals surface area contributed by atoms with E-state index >= 15 is 0 Å². The topological polar surface area (TPSA) is 92.4 Å². The van der Waals surface area contributed by atoms with Crippen LogP contribution in [0.1, 0.15) is 17.0 Å². The Bertz CT molecular complexity index is 1010. The van der Waals surface area contributed by atoms with Crippen LogP contribution in [0.3, 0.4) is 0 Å². The van der Waals surface area contributed by atoms with E-state index in [2.05, 4.69) is 32.0 Å². The molecule has 3 aromatic rings. The number of carboxylic acid groups (broad SMARTS) is 1. The average Bonchev–Trinajstić information content (AvgIpc) is 3.14. The Kier molecular flexibility index (Phi) is 6.34. The summed E-state index contributed by atoms with van der Waals surface area (Å²) < 4.78 is 37.0. The molecule has 0 saturated heterocycles.